The van der Waals surface area contributed by atoms with Crippen molar-refractivity contribution in [1.29, 1.82) is 0 Å². The first kappa shape index (κ1) is 46.0. The number of amides is 2. The largest absolute Gasteiger partial charge is 0.496 e. The number of hydrogen-bond acceptors (Lipinski definition) is 10. The number of para-hydroxylation sites is 1. The second-order valence-electron chi connectivity index (χ2n) is 18.0. The number of ether oxygens (including phenoxy) is 1. The molecule has 59 heavy (non-hydrogen) atoms. The van der Waals surface area contributed by atoms with Crippen molar-refractivity contribution in [2.45, 2.75) is 91.3 Å². The molecule has 5 rings (SSSR count). The lowest BCUT2D eigenvalue weighted by molar-refractivity contribution is -0.174. The molecule has 3 aromatic carbocycles. The molecule has 1 heterocycles. The molecule has 0 bridgehead atoms. The zero-order chi connectivity index (χ0) is 43.2. The van der Waals surface area contributed by atoms with Gasteiger partial charge in [0, 0.05) is 67.1 Å². The van der Waals surface area contributed by atoms with Gasteiger partial charge in [-0.05, 0) is 86.4 Å². The number of likely N-dealkylation sites (N-methyl/N-ethyl adjacent to an activating group) is 2. The second-order valence-corrected chi connectivity index (χ2v) is 18.0. The molecule has 9 atom stereocenters. The quantitative estimate of drug-likeness (QED) is 0.127. The normalized spacial score (nSPS) is 25.4. The third-order valence-corrected chi connectivity index (χ3v) is 13.5. The van der Waals surface area contributed by atoms with E-state index < -0.39 is 24.2 Å². The predicted molar refractivity (Wildman–Crippen MR) is 235 cm³/mol. The summed E-state index contributed by atoms with van der Waals surface area (Å²) in [7, 11) is 7.48. The van der Waals surface area contributed by atoms with Crippen molar-refractivity contribution >= 4 is 17.5 Å². The van der Waals surface area contributed by atoms with Crippen LogP contribution in [-0.4, -0.2) is 117 Å². The molecule has 0 spiro atoms. The van der Waals surface area contributed by atoms with E-state index in [4.69, 9.17) is 15.3 Å². The molecule has 6 N–H and O–H groups in total. The van der Waals surface area contributed by atoms with Crippen LogP contribution in [0.3, 0.4) is 0 Å². The average molecular weight is 815 g/mol. The SMILES string of the molecule is COc1c(CN2O[C@@H](CN)[C@@H]([C@H](C)O)[C@H]2C(=O)N[C@H]2C[C@@H](C)C(C)(C)[C@@H](C)[C@@H]2C)cccc1-c1cc(C(=O)N[C@@H](Cc2ccccc2)CN(C)C)cc(N(C)CCO)c1. The maximum Gasteiger partial charge on any atom is 0.251 e. The van der Waals surface area contributed by atoms with Crippen LogP contribution in [0.4, 0.5) is 5.69 Å². The molecular weight excluding hydrogens is 745 g/mol. The van der Waals surface area contributed by atoms with Gasteiger partial charge in [0.2, 0.25) is 5.91 Å². The number of hydroxylamine groups is 2. The molecule has 3 aromatic rings. The summed E-state index contributed by atoms with van der Waals surface area (Å²) in [6.45, 7) is 14.4. The Hall–Kier alpha value is -4.04. The van der Waals surface area contributed by atoms with Crippen molar-refractivity contribution < 1.29 is 29.4 Å². The highest BCUT2D eigenvalue weighted by molar-refractivity contribution is 5.97. The number of nitrogens with zero attached hydrogens (tertiary/aromatic N) is 3. The number of nitrogens with two attached hydrogens (primary N) is 1. The van der Waals surface area contributed by atoms with E-state index in [9.17, 15) is 19.8 Å². The van der Waals surface area contributed by atoms with E-state index in [0.717, 1.165) is 34.4 Å². The summed E-state index contributed by atoms with van der Waals surface area (Å²) < 4.78 is 6.15. The van der Waals surface area contributed by atoms with Gasteiger partial charge in [-0.3, -0.25) is 14.4 Å². The highest BCUT2D eigenvalue weighted by Gasteiger charge is 2.51. The first-order chi connectivity index (χ1) is 28.0. The topological polar surface area (TPSA) is 153 Å². The van der Waals surface area contributed by atoms with Crippen LogP contribution in [-0.2, 0) is 22.6 Å². The Morgan fingerprint density at radius 1 is 1.05 bits per heavy atom. The molecule has 12 nitrogen and oxygen atoms in total. The van der Waals surface area contributed by atoms with Gasteiger partial charge in [-0.15, -0.1) is 0 Å². The maximum absolute atomic E-state index is 14.5. The molecule has 1 aliphatic heterocycles. The predicted octanol–water partition coefficient (Wildman–Crippen LogP) is 4.96. The van der Waals surface area contributed by atoms with E-state index >= 15 is 0 Å². The number of carbonyl (C=O) groups is 2. The van der Waals surface area contributed by atoms with Gasteiger partial charge in [-0.2, -0.15) is 5.06 Å². The number of methoxy groups -OCH3 is 1. The van der Waals surface area contributed by atoms with Crippen LogP contribution in [0.25, 0.3) is 11.1 Å². The van der Waals surface area contributed by atoms with Crippen LogP contribution in [0.5, 0.6) is 5.75 Å². The summed E-state index contributed by atoms with van der Waals surface area (Å²) in [4.78, 5) is 39.0. The summed E-state index contributed by atoms with van der Waals surface area (Å²) in [5.74, 6) is 0.674. The summed E-state index contributed by atoms with van der Waals surface area (Å²) in [5.41, 5.74) is 11.0. The zero-order valence-electron chi connectivity index (χ0n) is 36.9. The summed E-state index contributed by atoms with van der Waals surface area (Å²) >= 11 is 0. The molecule has 2 amide bonds. The monoisotopic (exact) mass is 815 g/mol. The minimum atomic E-state index is -0.855. The van der Waals surface area contributed by atoms with Crippen LogP contribution in [0.15, 0.2) is 66.7 Å². The van der Waals surface area contributed by atoms with Crippen molar-refractivity contribution in [2.24, 2.45) is 34.8 Å². The van der Waals surface area contributed by atoms with Gasteiger partial charge in [0.1, 0.15) is 11.8 Å². The van der Waals surface area contributed by atoms with Gasteiger partial charge < -0.3 is 41.1 Å². The fourth-order valence-electron chi connectivity index (χ4n) is 9.27. The number of hydrogen-bond donors (Lipinski definition) is 5. The van der Waals surface area contributed by atoms with E-state index in [-0.39, 0.29) is 54.9 Å². The second kappa shape index (κ2) is 20.0. The minimum absolute atomic E-state index is 0.0223. The van der Waals surface area contributed by atoms with Crippen molar-refractivity contribution in [3.8, 4) is 16.9 Å². The summed E-state index contributed by atoms with van der Waals surface area (Å²) in [6, 6.07) is 20.7. The van der Waals surface area contributed by atoms with Gasteiger partial charge in [0.25, 0.3) is 5.91 Å². The molecule has 1 saturated carbocycles. The highest BCUT2D eigenvalue weighted by atomic mass is 16.7. The number of anilines is 1. The van der Waals surface area contributed by atoms with E-state index in [1.807, 2.05) is 80.6 Å². The molecule has 0 radical (unpaired) electrons. The van der Waals surface area contributed by atoms with Crippen LogP contribution in [0.2, 0.25) is 0 Å². The number of aliphatic hydroxyl groups is 2. The molecule has 2 aliphatic rings. The van der Waals surface area contributed by atoms with Gasteiger partial charge in [-0.25, -0.2) is 0 Å². The first-order valence-corrected chi connectivity index (χ1v) is 21.2. The highest BCUT2D eigenvalue weighted by Crippen LogP contribution is 2.47. The fourth-order valence-corrected chi connectivity index (χ4v) is 9.27. The van der Waals surface area contributed by atoms with Crippen LogP contribution in [0, 0.1) is 29.1 Å². The molecular formula is C47H70N6O6. The van der Waals surface area contributed by atoms with Crippen molar-refractivity contribution in [2.75, 3.05) is 59.4 Å². The van der Waals surface area contributed by atoms with Gasteiger partial charge in [0.15, 0.2) is 0 Å². The molecule has 0 unspecified atom stereocenters. The van der Waals surface area contributed by atoms with Gasteiger partial charge >= 0.3 is 0 Å². The lowest BCUT2D eigenvalue weighted by atomic mass is 9.58. The fraction of sp³-hybridized carbons (Fsp3) is 0.574. The third kappa shape index (κ3) is 10.6. The third-order valence-electron chi connectivity index (χ3n) is 13.5. The minimum Gasteiger partial charge on any atom is -0.496 e. The number of carbonyl (C=O) groups excluding carboxylic acids is 2. The number of benzene rings is 3. The van der Waals surface area contributed by atoms with Crippen LogP contribution in [0.1, 0.15) is 69.4 Å². The lowest BCUT2D eigenvalue weighted by Crippen LogP contribution is -2.56. The molecule has 1 saturated heterocycles. The number of aliphatic hydroxyl groups excluding tert-OH is 2. The molecule has 0 aromatic heterocycles. The van der Waals surface area contributed by atoms with Gasteiger partial charge in [0.05, 0.1) is 32.5 Å². The van der Waals surface area contributed by atoms with Crippen molar-refractivity contribution in [3.63, 3.8) is 0 Å². The Labute approximate surface area is 352 Å². The Morgan fingerprint density at radius 2 is 1.76 bits per heavy atom. The smallest absolute Gasteiger partial charge is 0.251 e. The number of nitrogens with one attached hydrogen (secondary N) is 2. The van der Waals surface area contributed by atoms with E-state index in [1.54, 1.807) is 19.1 Å². The van der Waals surface area contributed by atoms with E-state index in [2.05, 4.69) is 62.3 Å². The Balaban J connectivity index is 1.49. The van der Waals surface area contributed by atoms with E-state index in [1.165, 1.54) is 0 Å². The molecule has 1 aliphatic carbocycles. The zero-order valence-corrected chi connectivity index (χ0v) is 36.9. The maximum atomic E-state index is 14.5. The first-order valence-electron chi connectivity index (χ1n) is 21.2. The summed E-state index contributed by atoms with van der Waals surface area (Å²) in [5, 5.41) is 29.3. The van der Waals surface area contributed by atoms with Crippen molar-refractivity contribution in [1.82, 2.24) is 20.6 Å². The molecule has 2 fully saturated rings. The van der Waals surface area contributed by atoms with Crippen molar-refractivity contribution in [3.05, 3.63) is 83.4 Å². The summed E-state index contributed by atoms with van der Waals surface area (Å²) in [6.07, 6.45) is 0.111. The van der Waals surface area contributed by atoms with E-state index in [0.29, 0.717) is 42.7 Å². The Morgan fingerprint density at radius 3 is 2.39 bits per heavy atom. The molecule has 12 heteroatoms. The molecule has 324 valence electrons. The van der Waals surface area contributed by atoms with Crippen LogP contribution < -0.4 is 26.0 Å². The lowest BCUT2D eigenvalue weighted by Gasteiger charge is -2.50. The average Bonchev–Trinajstić information content (AvgIpc) is 3.58. The van der Waals surface area contributed by atoms with Crippen LogP contribution >= 0.6 is 0 Å². The standard InChI is InChI=1S/C47H70N6O6/c1-29-21-40(30(2)31(3)47(29,5)6)50-46(57)43-42(32(4)55)41(26-48)59-53(43)27-34-17-14-18-39(44(34)58-10)35-23-36(25-38(24-35)52(9)19-20-54)45(56)49-37(28-51(7)8)22-33-15-12-11-13-16-33/h11-18,23-25,29-32,37,40-43,54-55H,19-22,26-28,48H2,1-10H3,(H,49,56)(H,50,57)/t29-,30+,31+,32+,37+,40+,41+,42-,43+/m1/s1. The number of rotatable bonds is 17. The Bertz CT molecular complexity index is 1860. The Kier molecular flexibility index (Phi) is 15.6. The van der Waals surface area contributed by atoms with Gasteiger partial charge in [-0.1, -0.05) is 83.1 Å².